The van der Waals surface area contributed by atoms with Crippen molar-refractivity contribution in [2.24, 2.45) is 12.5 Å². The Labute approximate surface area is 132 Å². The summed E-state index contributed by atoms with van der Waals surface area (Å²) in [5.41, 5.74) is 2.45. The van der Waals surface area contributed by atoms with Gasteiger partial charge in [-0.05, 0) is 36.0 Å². The van der Waals surface area contributed by atoms with E-state index in [1.165, 1.54) is 10.9 Å². The molecular weight excluding hydrogens is 276 g/mol. The highest BCUT2D eigenvalue weighted by Crippen LogP contribution is 2.23. The number of aromatic nitrogens is 1. The van der Waals surface area contributed by atoms with Crippen LogP contribution in [-0.4, -0.2) is 21.7 Å². The molecule has 0 bridgehead atoms. The highest BCUT2D eigenvalue weighted by Gasteiger charge is 2.20. The quantitative estimate of drug-likeness (QED) is 0.858. The molecule has 22 heavy (non-hydrogen) atoms. The zero-order valence-electron chi connectivity index (χ0n) is 13.9. The molecule has 0 saturated carbocycles. The number of aryl methyl sites for hydroxylation is 1. The molecule has 2 N–H and O–H groups in total. The zero-order valence-corrected chi connectivity index (χ0v) is 13.9. The molecule has 1 aromatic carbocycles. The maximum absolute atomic E-state index is 11.4. The smallest absolute Gasteiger partial charge is 0.320 e. The van der Waals surface area contributed by atoms with E-state index in [1.54, 1.807) is 0 Å². The predicted octanol–water partition coefficient (Wildman–Crippen LogP) is 3.55. The fourth-order valence-corrected chi connectivity index (χ4v) is 2.64. The molecule has 2 rings (SSSR count). The summed E-state index contributed by atoms with van der Waals surface area (Å²) in [4.78, 5) is 11.4. The highest BCUT2D eigenvalue weighted by atomic mass is 16.4. The minimum Gasteiger partial charge on any atom is -0.480 e. The predicted molar refractivity (Wildman–Crippen MR) is 89.9 cm³/mol. The molecule has 1 heterocycles. The monoisotopic (exact) mass is 302 g/mol. The van der Waals surface area contributed by atoms with Crippen LogP contribution >= 0.6 is 0 Å². The van der Waals surface area contributed by atoms with Crippen LogP contribution in [0.4, 0.5) is 0 Å². The van der Waals surface area contributed by atoms with Gasteiger partial charge in [0, 0.05) is 30.7 Å². The molecule has 0 amide bonds. The molecule has 120 valence electrons. The Kier molecular flexibility index (Phi) is 4.91. The molecule has 0 aliphatic rings. The Morgan fingerprint density at radius 1 is 1.32 bits per heavy atom. The molecule has 0 radical (unpaired) electrons. The van der Waals surface area contributed by atoms with Crippen LogP contribution in [0.25, 0.3) is 10.9 Å². The van der Waals surface area contributed by atoms with E-state index < -0.39 is 12.0 Å². The Morgan fingerprint density at radius 2 is 2.05 bits per heavy atom. The van der Waals surface area contributed by atoms with E-state index in [0.717, 1.165) is 12.0 Å². The number of aliphatic carboxylic acids is 1. The number of carboxylic acids is 1. The maximum Gasteiger partial charge on any atom is 0.320 e. The highest BCUT2D eigenvalue weighted by molar-refractivity contribution is 5.83. The largest absolute Gasteiger partial charge is 0.480 e. The van der Waals surface area contributed by atoms with Gasteiger partial charge in [0.1, 0.15) is 6.04 Å². The first-order valence-electron chi connectivity index (χ1n) is 7.77. The van der Waals surface area contributed by atoms with Gasteiger partial charge < -0.3 is 15.0 Å². The van der Waals surface area contributed by atoms with E-state index in [1.807, 2.05) is 19.3 Å². The lowest BCUT2D eigenvalue weighted by molar-refractivity contribution is -0.139. The van der Waals surface area contributed by atoms with Gasteiger partial charge >= 0.3 is 5.97 Å². The number of carbonyl (C=O) groups is 1. The van der Waals surface area contributed by atoms with Crippen LogP contribution in [0.2, 0.25) is 0 Å². The standard InChI is InChI=1S/C18H26N2O2/c1-18(2,3)10-8-15(17(21)22)19-12-13-6-5-7-16-14(13)9-11-20(16)4/h5-7,9,11,15,19H,8,10,12H2,1-4H3,(H,21,22)/t15-/m0/s1. The number of nitrogens with zero attached hydrogens (tertiary/aromatic N) is 1. The van der Waals surface area contributed by atoms with Gasteiger partial charge in [0.2, 0.25) is 0 Å². The van der Waals surface area contributed by atoms with Crippen LogP contribution in [0.1, 0.15) is 39.2 Å². The van der Waals surface area contributed by atoms with Gasteiger partial charge in [0.25, 0.3) is 0 Å². The molecule has 1 aromatic heterocycles. The normalized spacial score (nSPS) is 13.5. The van der Waals surface area contributed by atoms with Crippen molar-refractivity contribution in [1.29, 1.82) is 0 Å². The number of benzene rings is 1. The van der Waals surface area contributed by atoms with Gasteiger partial charge in [-0.15, -0.1) is 0 Å². The minimum absolute atomic E-state index is 0.148. The van der Waals surface area contributed by atoms with Crippen molar-refractivity contribution in [2.75, 3.05) is 0 Å². The summed E-state index contributed by atoms with van der Waals surface area (Å²) in [5.74, 6) is -0.774. The summed E-state index contributed by atoms with van der Waals surface area (Å²) in [6, 6.07) is 7.73. The van der Waals surface area contributed by atoms with Crippen molar-refractivity contribution >= 4 is 16.9 Å². The molecule has 0 aliphatic heterocycles. The average molecular weight is 302 g/mol. The number of rotatable bonds is 6. The van der Waals surface area contributed by atoms with E-state index in [0.29, 0.717) is 13.0 Å². The number of nitrogens with one attached hydrogen (secondary N) is 1. The second-order valence-electron chi connectivity index (χ2n) is 7.15. The van der Waals surface area contributed by atoms with Gasteiger partial charge in [-0.2, -0.15) is 0 Å². The van der Waals surface area contributed by atoms with Gasteiger partial charge in [-0.3, -0.25) is 4.79 Å². The molecule has 0 fully saturated rings. The summed E-state index contributed by atoms with van der Waals surface area (Å²) in [7, 11) is 2.02. The summed E-state index contributed by atoms with van der Waals surface area (Å²) >= 11 is 0. The van der Waals surface area contributed by atoms with Crippen LogP contribution in [0.15, 0.2) is 30.5 Å². The van der Waals surface area contributed by atoms with Gasteiger partial charge in [-0.25, -0.2) is 0 Å². The fraction of sp³-hybridized carbons (Fsp3) is 0.500. The van der Waals surface area contributed by atoms with Crippen LogP contribution in [0.3, 0.4) is 0 Å². The Hall–Kier alpha value is -1.81. The van der Waals surface area contributed by atoms with Crippen LogP contribution in [0, 0.1) is 5.41 Å². The van der Waals surface area contributed by atoms with E-state index in [9.17, 15) is 9.90 Å². The lowest BCUT2D eigenvalue weighted by Crippen LogP contribution is -2.37. The first-order chi connectivity index (χ1) is 10.3. The van der Waals surface area contributed by atoms with E-state index in [4.69, 9.17) is 0 Å². The third-order valence-corrected chi connectivity index (χ3v) is 4.04. The molecule has 0 unspecified atom stereocenters. The first kappa shape index (κ1) is 16.6. The molecule has 4 heteroatoms. The van der Waals surface area contributed by atoms with Crippen molar-refractivity contribution in [3.8, 4) is 0 Å². The van der Waals surface area contributed by atoms with Crippen molar-refractivity contribution in [1.82, 2.24) is 9.88 Å². The van der Waals surface area contributed by atoms with Gasteiger partial charge in [0.05, 0.1) is 0 Å². The Bertz CT molecular complexity index is 653. The molecule has 1 atom stereocenters. The molecule has 0 saturated heterocycles. The van der Waals surface area contributed by atoms with E-state index in [-0.39, 0.29) is 5.41 Å². The van der Waals surface area contributed by atoms with Crippen molar-refractivity contribution in [3.05, 3.63) is 36.0 Å². The number of hydrogen-bond acceptors (Lipinski definition) is 2. The molecule has 0 spiro atoms. The van der Waals surface area contributed by atoms with Crippen molar-refractivity contribution in [2.45, 2.75) is 46.2 Å². The summed E-state index contributed by atoms with van der Waals surface area (Å²) in [6.45, 7) is 6.98. The van der Waals surface area contributed by atoms with Gasteiger partial charge in [-0.1, -0.05) is 32.9 Å². The molecule has 0 aliphatic carbocycles. The van der Waals surface area contributed by atoms with E-state index >= 15 is 0 Å². The summed E-state index contributed by atoms with van der Waals surface area (Å²) in [6.07, 6.45) is 3.55. The molecule has 2 aromatic rings. The third kappa shape index (κ3) is 4.10. The van der Waals surface area contributed by atoms with Crippen molar-refractivity contribution in [3.63, 3.8) is 0 Å². The van der Waals surface area contributed by atoms with Crippen LogP contribution in [0.5, 0.6) is 0 Å². The second kappa shape index (κ2) is 6.53. The summed E-state index contributed by atoms with van der Waals surface area (Å²) in [5, 5.41) is 13.8. The SMILES string of the molecule is Cn1ccc2c(CN[C@@H](CCC(C)(C)C)C(=O)O)cccc21. The Balaban J connectivity index is 2.06. The zero-order chi connectivity index (χ0) is 16.3. The third-order valence-electron chi connectivity index (χ3n) is 4.04. The number of carboxylic acid groups (broad SMARTS) is 1. The topological polar surface area (TPSA) is 54.3 Å². The molecule has 4 nitrogen and oxygen atoms in total. The summed E-state index contributed by atoms with van der Waals surface area (Å²) < 4.78 is 2.08. The first-order valence-corrected chi connectivity index (χ1v) is 7.77. The van der Waals surface area contributed by atoms with Crippen molar-refractivity contribution < 1.29 is 9.90 Å². The lowest BCUT2D eigenvalue weighted by atomic mass is 9.88. The second-order valence-corrected chi connectivity index (χ2v) is 7.15. The average Bonchev–Trinajstić information content (AvgIpc) is 2.80. The number of hydrogen-bond donors (Lipinski definition) is 2. The fourth-order valence-electron chi connectivity index (χ4n) is 2.64. The maximum atomic E-state index is 11.4. The van der Waals surface area contributed by atoms with Crippen LogP contribution in [-0.2, 0) is 18.4 Å². The lowest BCUT2D eigenvalue weighted by Gasteiger charge is -2.21. The van der Waals surface area contributed by atoms with Gasteiger partial charge in [0.15, 0.2) is 0 Å². The number of fused-ring (bicyclic) bond motifs is 1. The minimum atomic E-state index is -0.774. The van der Waals surface area contributed by atoms with E-state index in [2.05, 4.69) is 48.9 Å². The molecular formula is C18H26N2O2. The van der Waals surface area contributed by atoms with Crippen LogP contribution < -0.4 is 5.32 Å². The Morgan fingerprint density at radius 3 is 2.68 bits per heavy atom.